The van der Waals surface area contributed by atoms with Crippen LogP contribution in [-0.2, 0) is 14.3 Å². The van der Waals surface area contributed by atoms with Crippen LogP contribution in [0.1, 0.15) is 33.1 Å². The summed E-state index contributed by atoms with van der Waals surface area (Å²) in [6, 6.07) is 0. The number of allylic oxidation sites excluding steroid dienone is 1. The second-order valence-electron chi connectivity index (χ2n) is 6.34. The number of hydrogen-bond acceptors (Lipinski definition) is 3. The summed E-state index contributed by atoms with van der Waals surface area (Å²) in [5.41, 5.74) is 0.0858. The second kappa shape index (κ2) is 2.83. The van der Waals surface area contributed by atoms with Gasteiger partial charge in [0.1, 0.15) is 11.9 Å². The normalized spacial score (nSPS) is 53.9. The summed E-state index contributed by atoms with van der Waals surface area (Å²) >= 11 is 0. The minimum absolute atomic E-state index is 0.0529. The van der Waals surface area contributed by atoms with Crippen molar-refractivity contribution in [3.63, 3.8) is 0 Å². The van der Waals surface area contributed by atoms with Gasteiger partial charge in [-0.15, -0.1) is 0 Å². The standard InChI is InChI=1S/C14H18O3/c1-13(2)16-10-6-5-8-11-9(15)4-3-7-14(8,11)12(10)17-13/h5-6,8,10-12H,3-4,7H2,1-2H3/t8-,10-,11?,12-,14-/m0/s1. The van der Waals surface area contributed by atoms with Crippen molar-refractivity contribution in [2.75, 3.05) is 0 Å². The molecule has 1 heterocycles. The highest BCUT2D eigenvalue weighted by Gasteiger charge is 2.75. The molecule has 0 bridgehead atoms. The lowest BCUT2D eigenvalue weighted by Gasteiger charge is -2.31. The van der Waals surface area contributed by atoms with Gasteiger partial charge in [-0.1, -0.05) is 12.2 Å². The molecule has 1 spiro atoms. The van der Waals surface area contributed by atoms with Gasteiger partial charge >= 0.3 is 0 Å². The third-order valence-electron chi connectivity index (χ3n) is 5.00. The number of carbonyl (C=O) groups is 1. The topological polar surface area (TPSA) is 35.5 Å². The number of fused-ring (bicyclic) bond motifs is 2. The van der Waals surface area contributed by atoms with Crippen molar-refractivity contribution in [2.45, 2.75) is 51.1 Å². The summed E-state index contributed by atoms with van der Waals surface area (Å²) in [5.74, 6) is 0.591. The molecule has 0 N–H and O–H groups in total. The molecule has 3 heteroatoms. The van der Waals surface area contributed by atoms with E-state index < -0.39 is 5.79 Å². The third-order valence-corrected chi connectivity index (χ3v) is 5.00. The van der Waals surface area contributed by atoms with Crippen molar-refractivity contribution in [2.24, 2.45) is 17.3 Å². The molecule has 2 saturated carbocycles. The Kier molecular flexibility index (Phi) is 1.71. The number of Topliss-reactive ketones (excluding diaryl/α,β-unsaturated/α-hetero) is 1. The van der Waals surface area contributed by atoms with Crippen LogP contribution < -0.4 is 0 Å². The van der Waals surface area contributed by atoms with Gasteiger partial charge in [-0.05, 0) is 32.6 Å². The largest absolute Gasteiger partial charge is 0.344 e. The molecule has 17 heavy (non-hydrogen) atoms. The van der Waals surface area contributed by atoms with Gasteiger partial charge in [0.05, 0.1) is 6.10 Å². The van der Waals surface area contributed by atoms with E-state index in [4.69, 9.17) is 9.47 Å². The zero-order valence-corrected chi connectivity index (χ0v) is 10.3. The highest BCUT2D eigenvalue weighted by atomic mass is 16.8. The molecule has 5 atom stereocenters. The van der Waals surface area contributed by atoms with Crippen molar-refractivity contribution in [1.82, 2.24) is 0 Å². The third kappa shape index (κ3) is 1.12. The van der Waals surface area contributed by atoms with Gasteiger partial charge in [0.25, 0.3) is 0 Å². The maximum atomic E-state index is 12.0. The van der Waals surface area contributed by atoms with Gasteiger partial charge in [0, 0.05) is 17.8 Å². The van der Waals surface area contributed by atoms with E-state index in [9.17, 15) is 4.79 Å². The summed E-state index contributed by atoms with van der Waals surface area (Å²) in [6.07, 6.45) is 7.38. The Bertz CT molecular complexity index is 425. The Labute approximate surface area is 101 Å². The molecule has 0 radical (unpaired) electrons. The maximum Gasteiger partial charge on any atom is 0.164 e. The van der Waals surface area contributed by atoms with Crippen LogP contribution in [0, 0.1) is 17.3 Å². The summed E-state index contributed by atoms with van der Waals surface area (Å²) in [5, 5.41) is 0. The lowest BCUT2D eigenvalue weighted by Crippen LogP contribution is -2.38. The van der Waals surface area contributed by atoms with E-state index in [2.05, 4.69) is 12.2 Å². The SMILES string of the molecule is CC1(C)O[C@H]2C=C[C@H]3C4C(=O)CCC[C@@]43[C@H]2O1. The lowest BCUT2D eigenvalue weighted by molar-refractivity contribution is -0.152. The molecule has 4 rings (SSSR count). The van der Waals surface area contributed by atoms with Gasteiger partial charge in [-0.25, -0.2) is 0 Å². The highest BCUT2D eigenvalue weighted by molar-refractivity contribution is 5.87. The average molecular weight is 234 g/mol. The Morgan fingerprint density at radius 1 is 1.29 bits per heavy atom. The number of carbonyl (C=O) groups excluding carboxylic acids is 1. The molecule has 3 fully saturated rings. The number of ether oxygens (including phenoxy) is 2. The van der Waals surface area contributed by atoms with Gasteiger partial charge in [0.15, 0.2) is 5.79 Å². The van der Waals surface area contributed by atoms with Crippen LogP contribution >= 0.6 is 0 Å². The number of ketones is 1. The molecule has 4 aliphatic rings. The minimum atomic E-state index is -0.503. The maximum absolute atomic E-state index is 12.0. The van der Waals surface area contributed by atoms with Crippen molar-refractivity contribution in [3.05, 3.63) is 12.2 Å². The molecular formula is C14H18O3. The molecule has 3 aliphatic carbocycles. The molecule has 92 valence electrons. The molecule has 1 saturated heterocycles. The van der Waals surface area contributed by atoms with Gasteiger partial charge in [-0.3, -0.25) is 4.79 Å². The Balaban J connectivity index is 1.74. The second-order valence-corrected chi connectivity index (χ2v) is 6.34. The van der Waals surface area contributed by atoms with Crippen molar-refractivity contribution in [1.29, 1.82) is 0 Å². The van der Waals surface area contributed by atoms with Crippen molar-refractivity contribution >= 4 is 5.78 Å². The quantitative estimate of drug-likeness (QED) is 0.602. The predicted octanol–water partition coefficient (Wildman–Crippen LogP) is 2.06. The van der Waals surface area contributed by atoms with Crippen LogP contribution in [0.25, 0.3) is 0 Å². The first-order valence-corrected chi connectivity index (χ1v) is 6.61. The molecule has 0 aromatic rings. The molecule has 1 unspecified atom stereocenters. The molecule has 0 aromatic carbocycles. The van der Waals surface area contributed by atoms with E-state index in [0.717, 1.165) is 19.3 Å². The summed E-state index contributed by atoms with van der Waals surface area (Å²) in [7, 11) is 0. The van der Waals surface area contributed by atoms with Crippen LogP contribution in [0.3, 0.4) is 0 Å². The molecule has 0 amide bonds. The van der Waals surface area contributed by atoms with Gasteiger partial charge < -0.3 is 9.47 Å². The van der Waals surface area contributed by atoms with Crippen LogP contribution in [0.2, 0.25) is 0 Å². The van der Waals surface area contributed by atoms with Crippen LogP contribution in [0.4, 0.5) is 0 Å². The first-order valence-electron chi connectivity index (χ1n) is 6.61. The molecular weight excluding hydrogens is 216 g/mol. The Morgan fingerprint density at radius 3 is 2.94 bits per heavy atom. The highest BCUT2D eigenvalue weighted by Crippen LogP contribution is 2.71. The average Bonchev–Trinajstić information content (AvgIpc) is 2.83. The van der Waals surface area contributed by atoms with Crippen molar-refractivity contribution in [3.8, 4) is 0 Å². The lowest BCUT2D eigenvalue weighted by atomic mass is 9.79. The minimum Gasteiger partial charge on any atom is -0.344 e. The smallest absolute Gasteiger partial charge is 0.164 e. The van der Waals surface area contributed by atoms with E-state index in [1.54, 1.807) is 0 Å². The van der Waals surface area contributed by atoms with Crippen LogP contribution in [-0.4, -0.2) is 23.8 Å². The number of hydrogen-bond donors (Lipinski definition) is 0. The fraction of sp³-hybridized carbons (Fsp3) is 0.786. The Hall–Kier alpha value is -0.670. The van der Waals surface area contributed by atoms with E-state index in [-0.39, 0.29) is 23.5 Å². The first-order chi connectivity index (χ1) is 8.05. The van der Waals surface area contributed by atoms with E-state index in [1.807, 2.05) is 13.8 Å². The fourth-order valence-corrected chi connectivity index (χ4v) is 4.41. The number of rotatable bonds is 0. The van der Waals surface area contributed by atoms with Crippen LogP contribution in [0.15, 0.2) is 12.2 Å². The van der Waals surface area contributed by atoms with E-state index >= 15 is 0 Å². The molecule has 1 aliphatic heterocycles. The fourth-order valence-electron chi connectivity index (χ4n) is 4.41. The summed E-state index contributed by atoms with van der Waals surface area (Å²) < 4.78 is 12.0. The van der Waals surface area contributed by atoms with E-state index in [0.29, 0.717) is 11.7 Å². The zero-order valence-electron chi connectivity index (χ0n) is 10.3. The van der Waals surface area contributed by atoms with Gasteiger partial charge in [0.2, 0.25) is 0 Å². The predicted molar refractivity (Wildman–Crippen MR) is 61.2 cm³/mol. The molecule has 0 aromatic heterocycles. The first kappa shape index (κ1) is 10.3. The monoisotopic (exact) mass is 234 g/mol. The van der Waals surface area contributed by atoms with Gasteiger partial charge in [-0.2, -0.15) is 0 Å². The van der Waals surface area contributed by atoms with Crippen molar-refractivity contribution < 1.29 is 14.3 Å². The van der Waals surface area contributed by atoms with Crippen LogP contribution in [0.5, 0.6) is 0 Å². The zero-order chi connectivity index (χ0) is 11.8. The summed E-state index contributed by atoms with van der Waals surface area (Å²) in [6.45, 7) is 3.93. The van der Waals surface area contributed by atoms with E-state index in [1.165, 1.54) is 0 Å². The molecule has 3 nitrogen and oxygen atoms in total. The Morgan fingerprint density at radius 2 is 2.12 bits per heavy atom. The summed E-state index contributed by atoms with van der Waals surface area (Å²) in [4.78, 5) is 12.0.